The zero-order chi connectivity index (χ0) is 20.9. The molecule has 2 aromatic rings. The topological polar surface area (TPSA) is 43.9 Å². The number of piperidine rings is 1. The highest BCUT2D eigenvalue weighted by atomic mass is 79.9. The Hall–Kier alpha value is -1.70. The van der Waals surface area contributed by atoms with Gasteiger partial charge in [-0.1, -0.05) is 22.0 Å². The molecule has 2 aliphatic heterocycles. The molecule has 2 saturated heterocycles. The van der Waals surface area contributed by atoms with Gasteiger partial charge < -0.3 is 9.80 Å². The van der Waals surface area contributed by atoms with Crippen LogP contribution in [0.15, 0.2) is 46.3 Å². The van der Waals surface area contributed by atoms with E-state index in [-0.39, 0.29) is 17.7 Å². The molecule has 0 radical (unpaired) electrons. The van der Waals surface area contributed by atoms with E-state index < -0.39 is 0 Å². The smallest absolute Gasteiger partial charge is 0.253 e. The van der Waals surface area contributed by atoms with Gasteiger partial charge in [0.2, 0.25) is 5.91 Å². The Balaban J connectivity index is 1.21. The number of hydrogen-bond donors (Lipinski definition) is 0. The molecule has 2 amide bonds. The van der Waals surface area contributed by atoms with Crippen LogP contribution in [-0.4, -0.2) is 72.3 Å². The average Bonchev–Trinajstić information content (AvgIpc) is 3.31. The molecule has 7 heteroatoms. The van der Waals surface area contributed by atoms with E-state index >= 15 is 0 Å². The predicted octanol–water partition coefficient (Wildman–Crippen LogP) is 3.75. The highest BCUT2D eigenvalue weighted by molar-refractivity contribution is 9.10. The molecule has 4 rings (SSSR count). The first-order chi connectivity index (χ1) is 14.6. The minimum absolute atomic E-state index is 0.0524. The van der Waals surface area contributed by atoms with E-state index in [1.54, 1.807) is 0 Å². The van der Waals surface area contributed by atoms with Crippen molar-refractivity contribution in [1.82, 2.24) is 14.7 Å². The molecule has 30 heavy (non-hydrogen) atoms. The van der Waals surface area contributed by atoms with Crippen molar-refractivity contribution in [3.63, 3.8) is 0 Å². The second-order valence-electron chi connectivity index (χ2n) is 8.07. The van der Waals surface area contributed by atoms with Crippen molar-refractivity contribution < 1.29 is 9.59 Å². The molecule has 1 aromatic carbocycles. The summed E-state index contributed by atoms with van der Waals surface area (Å²) in [5.74, 6) is 0.396. The minimum atomic E-state index is 0.0524. The average molecular weight is 490 g/mol. The van der Waals surface area contributed by atoms with E-state index in [9.17, 15) is 9.59 Å². The third-order valence-corrected chi connectivity index (χ3v) is 7.63. The molecular weight excluding hydrogens is 462 g/mol. The maximum absolute atomic E-state index is 13.0. The van der Waals surface area contributed by atoms with E-state index in [1.165, 1.54) is 4.88 Å². The molecule has 0 N–H and O–H groups in total. The Morgan fingerprint density at radius 3 is 2.27 bits per heavy atom. The van der Waals surface area contributed by atoms with Crippen molar-refractivity contribution in [2.75, 3.05) is 45.8 Å². The number of likely N-dealkylation sites (tertiary alicyclic amines) is 1. The monoisotopic (exact) mass is 489 g/mol. The third kappa shape index (κ3) is 5.31. The Kier molecular flexibility index (Phi) is 7.23. The third-order valence-electron chi connectivity index (χ3n) is 6.16. The summed E-state index contributed by atoms with van der Waals surface area (Å²) in [5, 5.41) is 2.13. The fraction of sp³-hybridized carbons (Fsp3) is 0.478. The van der Waals surface area contributed by atoms with Gasteiger partial charge in [-0.25, -0.2) is 0 Å². The van der Waals surface area contributed by atoms with E-state index in [0.717, 1.165) is 56.5 Å². The van der Waals surface area contributed by atoms with Gasteiger partial charge in [-0.15, -0.1) is 11.3 Å². The number of halogens is 1. The van der Waals surface area contributed by atoms with Crippen molar-refractivity contribution in [2.45, 2.75) is 19.3 Å². The fourth-order valence-electron chi connectivity index (χ4n) is 4.28. The summed E-state index contributed by atoms with van der Waals surface area (Å²) in [5.41, 5.74) is 0.710. The van der Waals surface area contributed by atoms with Crippen LogP contribution < -0.4 is 0 Å². The first kappa shape index (κ1) is 21.5. The normalized spacial score (nSPS) is 18.6. The van der Waals surface area contributed by atoms with Crippen LogP contribution in [0.1, 0.15) is 28.1 Å². The molecule has 5 nitrogen and oxygen atoms in total. The van der Waals surface area contributed by atoms with Crippen molar-refractivity contribution in [3.05, 3.63) is 56.7 Å². The van der Waals surface area contributed by atoms with Crippen LogP contribution in [0.5, 0.6) is 0 Å². The highest BCUT2D eigenvalue weighted by Gasteiger charge is 2.31. The van der Waals surface area contributed by atoms with E-state index in [4.69, 9.17) is 0 Å². The lowest BCUT2D eigenvalue weighted by Crippen LogP contribution is -2.52. The SMILES string of the molecule is O=C(c1ccc(Br)cc1)N1CCC(C(=O)N2CCN(CCc3cccs3)CC2)CC1. The lowest BCUT2D eigenvalue weighted by atomic mass is 9.94. The Morgan fingerprint density at radius 1 is 0.933 bits per heavy atom. The first-order valence-corrected chi connectivity index (χ1v) is 12.4. The number of piperazine rings is 1. The second-order valence-corrected chi connectivity index (χ2v) is 10.0. The zero-order valence-electron chi connectivity index (χ0n) is 17.1. The van der Waals surface area contributed by atoms with Gasteiger partial charge in [0, 0.05) is 66.6 Å². The van der Waals surface area contributed by atoms with Gasteiger partial charge >= 0.3 is 0 Å². The number of carbonyl (C=O) groups excluding carboxylic acids is 2. The summed E-state index contributed by atoms with van der Waals surface area (Å²) in [6.45, 7) is 5.94. The summed E-state index contributed by atoms with van der Waals surface area (Å²) in [6.07, 6.45) is 2.62. The number of amides is 2. The zero-order valence-corrected chi connectivity index (χ0v) is 19.5. The van der Waals surface area contributed by atoms with Crippen LogP contribution in [0.3, 0.4) is 0 Å². The van der Waals surface area contributed by atoms with Gasteiger partial charge in [0.1, 0.15) is 0 Å². The molecule has 2 fully saturated rings. The van der Waals surface area contributed by atoms with Gasteiger partial charge in [0.05, 0.1) is 0 Å². The minimum Gasteiger partial charge on any atom is -0.340 e. The lowest BCUT2D eigenvalue weighted by Gasteiger charge is -2.38. The van der Waals surface area contributed by atoms with Gasteiger partial charge in [-0.3, -0.25) is 14.5 Å². The molecule has 0 aliphatic carbocycles. The van der Waals surface area contributed by atoms with Gasteiger partial charge in [0.15, 0.2) is 0 Å². The molecule has 2 aliphatic rings. The Bertz CT molecular complexity index is 840. The lowest BCUT2D eigenvalue weighted by molar-refractivity contribution is -0.138. The number of nitrogens with zero attached hydrogens (tertiary/aromatic N) is 3. The van der Waals surface area contributed by atoms with Crippen LogP contribution >= 0.6 is 27.3 Å². The van der Waals surface area contributed by atoms with Gasteiger partial charge in [-0.2, -0.15) is 0 Å². The maximum Gasteiger partial charge on any atom is 0.253 e. The van der Waals surface area contributed by atoms with Crippen LogP contribution in [0.2, 0.25) is 0 Å². The van der Waals surface area contributed by atoms with Crippen LogP contribution in [0, 0.1) is 5.92 Å². The fourth-order valence-corrected chi connectivity index (χ4v) is 5.24. The Labute approximate surface area is 190 Å². The van der Waals surface area contributed by atoms with Crippen LogP contribution in [0.25, 0.3) is 0 Å². The second kappa shape index (κ2) is 10.1. The Morgan fingerprint density at radius 2 is 1.63 bits per heavy atom. The molecule has 0 unspecified atom stereocenters. The van der Waals surface area contributed by atoms with Crippen LogP contribution in [-0.2, 0) is 11.2 Å². The van der Waals surface area contributed by atoms with Gasteiger partial charge in [0.25, 0.3) is 5.91 Å². The van der Waals surface area contributed by atoms with Crippen LogP contribution in [0.4, 0.5) is 0 Å². The summed E-state index contributed by atoms with van der Waals surface area (Å²) in [4.78, 5) is 33.5. The van der Waals surface area contributed by atoms with Crippen molar-refractivity contribution in [2.24, 2.45) is 5.92 Å². The maximum atomic E-state index is 13.0. The van der Waals surface area contributed by atoms with Gasteiger partial charge in [-0.05, 0) is 55.0 Å². The number of hydrogen-bond acceptors (Lipinski definition) is 4. The highest BCUT2D eigenvalue weighted by Crippen LogP contribution is 2.23. The summed E-state index contributed by atoms with van der Waals surface area (Å²) < 4.78 is 0.968. The first-order valence-electron chi connectivity index (χ1n) is 10.7. The molecule has 0 bridgehead atoms. The summed E-state index contributed by atoms with van der Waals surface area (Å²) >= 11 is 5.22. The van der Waals surface area contributed by atoms with Crippen molar-refractivity contribution >= 4 is 39.1 Å². The standard InChI is InChI=1S/C23H28BrN3O2S/c24-20-5-3-18(4-6-20)22(28)26-11-7-19(8-12-26)23(29)27-15-13-25(14-16-27)10-9-21-2-1-17-30-21/h1-6,17,19H,7-16H2. The number of thiophene rings is 1. The van der Waals surface area contributed by atoms with Crippen molar-refractivity contribution in [1.29, 1.82) is 0 Å². The number of benzene rings is 1. The van der Waals surface area contributed by atoms with Crippen molar-refractivity contribution in [3.8, 4) is 0 Å². The molecule has 0 spiro atoms. The molecule has 0 atom stereocenters. The molecule has 3 heterocycles. The molecule has 1 aromatic heterocycles. The van der Waals surface area contributed by atoms with E-state index in [1.807, 2.05) is 45.4 Å². The largest absolute Gasteiger partial charge is 0.340 e. The predicted molar refractivity (Wildman–Crippen MR) is 124 cm³/mol. The van der Waals surface area contributed by atoms with E-state index in [0.29, 0.717) is 18.7 Å². The summed E-state index contributed by atoms with van der Waals surface area (Å²) in [7, 11) is 0. The molecule has 160 valence electrons. The molecule has 0 saturated carbocycles. The number of rotatable bonds is 5. The van der Waals surface area contributed by atoms with E-state index in [2.05, 4.69) is 38.3 Å². The summed E-state index contributed by atoms with van der Waals surface area (Å²) in [6, 6.07) is 11.8. The number of carbonyl (C=O) groups is 2. The molecular formula is C23H28BrN3O2S. The quantitative estimate of drug-likeness (QED) is 0.642.